The summed E-state index contributed by atoms with van der Waals surface area (Å²) in [6, 6.07) is 1.92. The number of allylic oxidation sites excluding steroid dienone is 1. The number of furan rings is 1. The maximum Gasteiger partial charge on any atom is 0.139 e. The van der Waals surface area contributed by atoms with Crippen LogP contribution in [0.25, 0.3) is 11.8 Å². The van der Waals surface area contributed by atoms with Gasteiger partial charge in [0, 0.05) is 23.1 Å². The fraction of sp³-hybridized carbons (Fsp3) is 0.273. The van der Waals surface area contributed by atoms with E-state index in [9.17, 15) is 0 Å². The Balaban J connectivity index is 2.85. The molecule has 0 amide bonds. The van der Waals surface area contributed by atoms with Gasteiger partial charge in [-0.15, -0.1) is 0 Å². The van der Waals surface area contributed by atoms with Gasteiger partial charge in [-0.05, 0) is 17.9 Å². The van der Waals surface area contributed by atoms with Crippen molar-refractivity contribution in [3.05, 3.63) is 29.0 Å². The normalized spacial score (nSPS) is 14.2. The molecule has 0 N–H and O–H groups in total. The van der Waals surface area contributed by atoms with E-state index in [1.165, 1.54) is 0 Å². The Morgan fingerprint density at radius 1 is 1.46 bits per heavy atom. The molecule has 0 aliphatic carbocycles. The highest BCUT2D eigenvalue weighted by atomic mass is 16.3. The van der Waals surface area contributed by atoms with Crippen molar-refractivity contribution in [3.8, 4) is 0 Å². The lowest BCUT2D eigenvalue weighted by atomic mass is 10.0. The van der Waals surface area contributed by atoms with Gasteiger partial charge in [-0.3, -0.25) is 0 Å². The van der Waals surface area contributed by atoms with Crippen LogP contribution in [-0.4, -0.2) is 5.87 Å². The molecule has 0 atom stereocenters. The molecule has 66 valence electrons. The summed E-state index contributed by atoms with van der Waals surface area (Å²) in [6.45, 7) is 4.26. The van der Waals surface area contributed by atoms with Crippen molar-refractivity contribution >= 4 is 17.6 Å². The van der Waals surface area contributed by atoms with E-state index < -0.39 is 0 Å². The molecule has 0 unspecified atom stereocenters. The number of aliphatic imine (C=N–C) groups is 1. The first-order valence-electron chi connectivity index (χ1n) is 4.35. The Labute approximate surface area is 76.6 Å². The fourth-order valence-corrected chi connectivity index (χ4v) is 1.36. The van der Waals surface area contributed by atoms with Crippen LogP contribution < -0.4 is 10.6 Å². The standard InChI is InChI=1S/C11H11NO/c1-8(2)10-3-5-12-7-9-4-6-13-11(9)10/h3-4,6-8H,1-2H3. The van der Waals surface area contributed by atoms with Crippen molar-refractivity contribution in [1.29, 1.82) is 0 Å². The van der Waals surface area contributed by atoms with Crippen molar-refractivity contribution in [2.45, 2.75) is 13.8 Å². The molecule has 0 fully saturated rings. The van der Waals surface area contributed by atoms with Crippen molar-refractivity contribution < 1.29 is 4.42 Å². The Morgan fingerprint density at radius 3 is 3.08 bits per heavy atom. The molecule has 0 saturated carbocycles. The minimum absolute atomic E-state index is 0.430. The van der Waals surface area contributed by atoms with Gasteiger partial charge in [0.25, 0.3) is 0 Å². The zero-order valence-corrected chi connectivity index (χ0v) is 7.74. The number of fused-ring (bicyclic) bond motifs is 1. The van der Waals surface area contributed by atoms with Crippen LogP contribution in [0.1, 0.15) is 13.8 Å². The smallest absolute Gasteiger partial charge is 0.139 e. The molecular formula is C11H11NO. The van der Waals surface area contributed by atoms with E-state index in [0.717, 1.165) is 16.2 Å². The topological polar surface area (TPSA) is 25.5 Å². The van der Waals surface area contributed by atoms with E-state index in [-0.39, 0.29) is 0 Å². The molecule has 13 heavy (non-hydrogen) atoms. The van der Waals surface area contributed by atoms with Gasteiger partial charge in [0.15, 0.2) is 0 Å². The first kappa shape index (κ1) is 8.09. The van der Waals surface area contributed by atoms with Crippen LogP contribution >= 0.6 is 0 Å². The van der Waals surface area contributed by atoms with Crippen molar-refractivity contribution in [1.82, 2.24) is 0 Å². The Hall–Kier alpha value is -1.53. The van der Waals surface area contributed by atoms with Crippen LogP contribution in [0.3, 0.4) is 0 Å². The van der Waals surface area contributed by atoms with Crippen LogP contribution in [-0.2, 0) is 0 Å². The molecule has 0 aromatic carbocycles. The third kappa shape index (κ3) is 1.36. The summed E-state index contributed by atoms with van der Waals surface area (Å²) in [6.07, 6.45) is 5.35. The molecule has 0 spiro atoms. The van der Waals surface area contributed by atoms with Crippen molar-refractivity contribution in [3.63, 3.8) is 0 Å². The zero-order chi connectivity index (χ0) is 9.26. The van der Waals surface area contributed by atoms with Gasteiger partial charge >= 0.3 is 0 Å². The third-order valence-electron chi connectivity index (χ3n) is 2.08. The number of nitrogens with zero attached hydrogens (tertiary/aromatic N) is 1. The first-order valence-corrected chi connectivity index (χ1v) is 4.35. The summed E-state index contributed by atoms with van der Waals surface area (Å²) in [7, 11) is 0. The second-order valence-electron chi connectivity index (χ2n) is 3.35. The minimum Gasteiger partial charge on any atom is -0.464 e. The van der Waals surface area contributed by atoms with Gasteiger partial charge in [-0.25, -0.2) is 4.99 Å². The summed E-state index contributed by atoms with van der Waals surface area (Å²) in [5.74, 6) is 3.29. The Morgan fingerprint density at radius 2 is 2.31 bits per heavy atom. The zero-order valence-electron chi connectivity index (χ0n) is 7.74. The maximum atomic E-state index is 5.41. The predicted octanol–water partition coefficient (Wildman–Crippen LogP) is 1.06. The minimum atomic E-state index is 0.430. The average molecular weight is 173 g/mol. The van der Waals surface area contributed by atoms with Gasteiger partial charge in [-0.2, -0.15) is 0 Å². The summed E-state index contributed by atoms with van der Waals surface area (Å²) < 4.78 is 5.41. The molecule has 2 heteroatoms. The van der Waals surface area contributed by atoms with E-state index in [2.05, 4.69) is 24.7 Å². The fourth-order valence-electron chi connectivity index (χ4n) is 1.36. The van der Waals surface area contributed by atoms with Gasteiger partial charge in [0.1, 0.15) is 5.42 Å². The second-order valence-corrected chi connectivity index (χ2v) is 3.35. The van der Waals surface area contributed by atoms with E-state index in [4.69, 9.17) is 4.42 Å². The molecule has 0 bridgehead atoms. The van der Waals surface area contributed by atoms with Crippen LogP contribution in [0.15, 0.2) is 27.8 Å². The van der Waals surface area contributed by atoms with Crippen LogP contribution in [0.5, 0.6) is 0 Å². The van der Waals surface area contributed by atoms with E-state index in [0.29, 0.717) is 5.92 Å². The van der Waals surface area contributed by atoms with Crippen LogP contribution in [0.2, 0.25) is 0 Å². The SMILES string of the molecule is CC(C)C1=c2occc2=CN=C=C1. The lowest BCUT2D eigenvalue weighted by Crippen LogP contribution is -2.22. The predicted molar refractivity (Wildman–Crippen MR) is 52.7 cm³/mol. The number of hydrogen-bond donors (Lipinski definition) is 0. The lowest BCUT2D eigenvalue weighted by Gasteiger charge is -2.01. The summed E-state index contributed by atoms with van der Waals surface area (Å²) in [5.41, 5.74) is 2.07. The van der Waals surface area contributed by atoms with Gasteiger partial charge < -0.3 is 4.42 Å². The highest BCUT2D eigenvalue weighted by Gasteiger charge is 2.05. The van der Waals surface area contributed by atoms with E-state index in [1.807, 2.05) is 12.1 Å². The largest absolute Gasteiger partial charge is 0.464 e. The third-order valence-corrected chi connectivity index (χ3v) is 2.08. The van der Waals surface area contributed by atoms with Crippen LogP contribution in [0.4, 0.5) is 0 Å². The Bertz CT molecular complexity index is 484. The van der Waals surface area contributed by atoms with Gasteiger partial charge in [0.05, 0.1) is 6.26 Å². The highest BCUT2D eigenvalue weighted by Crippen LogP contribution is 2.08. The highest BCUT2D eigenvalue weighted by molar-refractivity contribution is 5.74. The molecule has 2 nitrogen and oxygen atoms in total. The molecule has 1 aliphatic heterocycles. The molecule has 1 aromatic rings. The van der Waals surface area contributed by atoms with Crippen LogP contribution in [0, 0.1) is 5.92 Å². The number of hydrogen-bond acceptors (Lipinski definition) is 2. The van der Waals surface area contributed by atoms with Crippen molar-refractivity contribution in [2.75, 3.05) is 0 Å². The summed E-state index contributed by atoms with van der Waals surface area (Å²) in [5, 5.41) is 1.03. The monoisotopic (exact) mass is 173 g/mol. The molecule has 0 radical (unpaired) electrons. The van der Waals surface area contributed by atoms with Gasteiger partial charge in [-0.1, -0.05) is 13.8 Å². The summed E-state index contributed by atoms with van der Waals surface area (Å²) >= 11 is 0. The molecule has 1 aliphatic rings. The van der Waals surface area contributed by atoms with Gasteiger partial charge in [0.2, 0.25) is 0 Å². The molecular weight excluding hydrogens is 162 g/mol. The lowest BCUT2D eigenvalue weighted by molar-refractivity contribution is 0.524. The maximum absolute atomic E-state index is 5.41. The summed E-state index contributed by atoms with van der Waals surface area (Å²) in [4.78, 5) is 4.01. The number of rotatable bonds is 1. The van der Waals surface area contributed by atoms with Crippen molar-refractivity contribution in [2.24, 2.45) is 10.9 Å². The average Bonchev–Trinajstić information content (AvgIpc) is 2.44. The molecule has 2 rings (SSSR count). The quantitative estimate of drug-likeness (QED) is 0.623. The van der Waals surface area contributed by atoms with E-state index in [1.54, 1.807) is 12.5 Å². The molecule has 0 saturated heterocycles. The second kappa shape index (κ2) is 3.08. The molecule has 1 aromatic heterocycles. The molecule has 2 heterocycles. The first-order chi connectivity index (χ1) is 6.29. The Kier molecular flexibility index (Phi) is 1.91. The van der Waals surface area contributed by atoms with E-state index >= 15 is 0 Å².